The van der Waals surface area contributed by atoms with E-state index in [9.17, 15) is 27.6 Å². The van der Waals surface area contributed by atoms with Gasteiger partial charge in [-0.2, -0.15) is 0 Å². The molecule has 4 aromatic rings. The number of alkyl halides is 3. The molecule has 2 saturated heterocycles. The quantitative estimate of drug-likeness (QED) is 0.141. The number of anilines is 2. The second kappa shape index (κ2) is 16.4. The number of carbonyl (C=O) groups is 3. The zero-order chi connectivity index (χ0) is 39.4. The SMILES string of the molecule is COC(=O)N[C@H](C(=O)N1CCCC1c1nc(-c2ccc(-c3ccc(NC(=O)c4ccc(N5C[C@H](C)NC[C@H]5C)nc4)cc3OC(F)(F)F)cc2)c[nH]1)C(C)C. The van der Waals surface area contributed by atoms with Gasteiger partial charge in [-0.1, -0.05) is 38.1 Å². The lowest BCUT2D eigenvalue weighted by Gasteiger charge is -2.38. The number of aromatic amines is 1. The van der Waals surface area contributed by atoms with E-state index in [0.717, 1.165) is 31.4 Å². The average molecular weight is 763 g/mol. The van der Waals surface area contributed by atoms with E-state index in [0.29, 0.717) is 35.6 Å². The highest BCUT2D eigenvalue weighted by Gasteiger charge is 2.38. The van der Waals surface area contributed by atoms with E-state index < -0.39 is 30.2 Å². The minimum atomic E-state index is -4.98. The summed E-state index contributed by atoms with van der Waals surface area (Å²) in [6.45, 7) is 9.94. The number of hydrogen-bond donors (Lipinski definition) is 4. The third kappa shape index (κ3) is 9.19. The van der Waals surface area contributed by atoms with Crippen LogP contribution in [0.15, 0.2) is 67.0 Å². The van der Waals surface area contributed by atoms with Crippen molar-refractivity contribution in [2.45, 2.75) is 71.1 Å². The normalized spacial score (nSPS) is 19.3. The van der Waals surface area contributed by atoms with Crippen molar-refractivity contribution in [2.75, 3.05) is 37.0 Å². The Morgan fingerprint density at radius 3 is 2.44 bits per heavy atom. The lowest BCUT2D eigenvalue weighted by molar-refractivity contribution is -0.274. The van der Waals surface area contributed by atoms with Crippen molar-refractivity contribution >= 4 is 29.4 Å². The van der Waals surface area contributed by atoms with Gasteiger partial charge in [0.05, 0.1) is 24.4 Å². The molecule has 0 saturated carbocycles. The Balaban J connectivity index is 1.16. The standard InChI is InChI=1S/C39H45F3N8O5/c1-22(2)34(48-38(53)54-5)37(52)49-16-6-7-31(49)35-45-20-30(47-35)26-10-8-25(9-11-26)29-14-13-28(17-32(29)55-39(40,41)42)46-36(51)27-12-15-33(44-19-27)50-21-23(3)43-18-24(50)4/h8-15,17,19-20,22-24,31,34,43H,6-7,16,18,21H2,1-5H3,(H,45,47)(H,46,51)(H,48,53)/t23-,24+,31?,34-/m0/s1. The molecule has 0 radical (unpaired) electrons. The van der Waals surface area contributed by atoms with Crippen LogP contribution in [0.1, 0.15) is 62.8 Å². The molecular formula is C39H45F3N8O5. The Bertz CT molecular complexity index is 1990. The Morgan fingerprint density at radius 1 is 1.02 bits per heavy atom. The summed E-state index contributed by atoms with van der Waals surface area (Å²) in [5, 5.41) is 8.71. The fourth-order valence-electron chi connectivity index (χ4n) is 6.95. The number of likely N-dealkylation sites (tertiary alicyclic amines) is 1. The maximum atomic E-state index is 13.6. The topological polar surface area (TPSA) is 154 Å². The van der Waals surface area contributed by atoms with Gasteiger partial charge in [-0.15, -0.1) is 13.2 Å². The van der Waals surface area contributed by atoms with E-state index in [1.807, 2.05) is 13.8 Å². The van der Waals surface area contributed by atoms with Crippen molar-refractivity contribution in [3.8, 4) is 28.1 Å². The molecule has 2 aliphatic heterocycles. The molecule has 0 bridgehead atoms. The molecule has 4 atom stereocenters. The van der Waals surface area contributed by atoms with Crippen molar-refractivity contribution in [3.05, 3.63) is 78.4 Å². The number of carbonyl (C=O) groups excluding carboxylic acids is 3. The lowest BCUT2D eigenvalue weighted by Crippen LogP contribution is -2.54. The third-order valence-corrected chi connectivity index (χ3v) is 9.87. The number of piperazine rings is 1. The molecule has 4 N–H and O–H groups in total. The summed E-state index contributed by atoms with van der Waals surface area (Å²) in [6, 6.07) is 13.7. The zero-order valence-corrected chi connectivity index (χ0v) is 31.2. The number of imidazole rings is 1. The van der Waals surface area contributed by atoms with E-state index in [-0.39, 0.29) is 46.8 Å². The molecule has 3 amide bonds. The summed E-state index contributed by atoms with van der Waals surface area (Å²) in [6.07, 6.45) is -1.07. The molecule has 2 aromatic heterocycles. The largest absolute Gasteiger partial charge is 0.573 e. The fourth-order valence-corrected chi connectivity index (χ4v) is 6.95. The number of halogens is 3. The monoisotopic (exact) mass is 762 g/mol. The van der Waals surface area contributed by atoms with Crippen molar-refractivity contribution < 1.29 is 37.0 Å². The minimum absolute atomic E-state index is 0.113. The number of rotatable bonds is 10. The molecule has 0 aliphatic carbocycles. The van der Waals surface area contributed by atoms with Crippen molar-refractivity contribution in [2.24, 2.45) is 5.92 Å². The summed E-state index contributed by atoms with van der Waals surface area (Å²) >= 11 is 0. The van der Waals surface area contributed by atoms with Gasteiger partial charge in [0, 0.05) is 67.0 Å². The Labute approximate surface area is 317 Å². The van der Waals surface area contributed by atoms with Gasteiger partial charge in [0.1, 0.15) is 23.4 Å². The van der Waals surface area contributed by atoms with Gasteiger partial charge in [-0.05, 0) is 62.4 Å². The van der Waals surface area contributed by atoms with E-state index in [1.54, 1.807) is 47.5 Å². The number of alkyl carbamates (subject to hydrolysis) is 1. The van der Waals surface area contributed by atoms with Crippen LogP contribution in [0.3, 0.4) is 0 Å². The van der Waals surface area contributed by atoms with Gasteiger partial charge in [-0.25, -0.2) is 14.8 Å². The second-order valence-electron chi connectivity index (χ2n) is 14.2. The van der Waals surface area contributed by atoms with Crippen LogP contribution in [0.2, 0.25) is 0 Å². The summed E-state index contributed by atoms with van der Waals surface area (Å²) < 4.78 is 49.9. The fraction of sp³-hybridized carbons (Fsp3) is 0.410. The Kier molecular flexibility index (Phi) is 11.6. The molecule has 13 nitrogen and oxygen atoms in total. The molecule has 2 aromatic carbocycles. The Morgan fingerprint density at radius 2 is 1.76 bits per heavy atom. The van der Waals surface area contributed by atoms with Crippen LogP contribution in [0.4, 0.5) is 29.5 Å². The van der Waals surface area contributed by atoms with Gasteiger partial charge in [-0.3, -0.25) is 9.59 Å². The first-order valence-corrected chi connectivity index (χ1v) is 18.2. The molecule has 1 unspecified atom stereocenters. The summed E-state index contributed by atoms with van der Waals surface area (Å²) in [5.41, 5.74) is 2.24. The van der Waals surface area contributed by atoms with Gasteiger partial charge >= 0.3 is 12.5 Å². The molecule has 292 valence electrons. The molecule has 2 fully saturated rings. The number of amides is 3. The van der Waals surface area contributed by atoms with Crippen LogP contribution in [0.25, 0.3) is 22.4 Å². The summed E-state index contributed by atoms with van der Waals surface area (Å²) in [5.74, 6) is -0.0969. The predicted octanol–water partition coefficient (Wildman–Crippen LogP) is 6.52. The van der Waals surface area contributed by atoms with Crippen molar-refractivity contribution in [1.29, 1.82) is 0 Å². The number of hydrogen-bond acceptors (Lipinski definition) is 9. The molecular weight excluding hydrogens is 717 g/mol. The maximum Gasteiger partial charge on any atom is 0.573 e. The summed E-state index contributed by atoms with van der Waals surface area (Å²) in [4.78, 5) is 54.8. The van der Waals surface area contributed by atoms with Gasteiger partial charge in [0.15, 0.2) is 0 Å². The first-order valence-electron chi connectivity index (χ1n) is 18.2. The third-order valence-electron chi connectivity index (χ3n) is 9.87. The number of nitrogens with zero attached hydrogens (tertiary/aromatic N) is 4. The van der Waals surface area contributed by atoms with Gasteiger partial charge in [0.2, 0.25) is 5.91 Å². The highest BCUT2D eigenvalue weighted by Crippen LogP contribution is 2.38. The Hall–Kier alpha value is -5.64. The van der Waals surface area contributed by atoms with Crippen molar-refractivity contribution in [1.82, 2.24) is 30.5 Å². The zero-order valence-electron chi connectivity index (χ0n) is 31.2. The van der Waals surface area contributed by atoms with Crippen LogP contribution >= 0.6 is 0 Å². The van der Waals surface area contributed by atoms with Crippen LogP contribution in [0, 0.1) is 5.92 Å². The van der Waals surface area contributed by atoms with E-state index >= 15 is 0 Å². The molecule has 16 heteroatoms. The van der Waals surface area contributed by atoms with E-state index in [4.69, 9.17) is 9.72 Å². The van der Waals surface area contributed by atoms with Crippen LogP contribution in [-0.2, 0) is 9.53 Å². The number of pyridine rings is 1. The van der Waals surface area contributed by atoms with Crippen LogP contribution in [0.5, 0.6) is 5.75 Å². The second-order valence-corrected chi connectivity index (χ2v) is 14.2. The van der Waals surface area contributed by atoms with Crippen LogP contribution in [-0.4, -0.2) is 89.0 Å². The first kappa shape index (κ1) is 39.1. The average Bonchev–Trinajstić information content (AvgIpc) is 3.85. The number of benzene rings is 2. The van der Waals surface area contributed by atoms with Gasteiger partial charge < -0.3 is 40.2 Å². The number of H-pyrrole nitrogens is 1. The van der Waals surface area contributed by atoms with E-state index in [1.165, 1.54) is 25.4 Å². The van der Waals surface area contributed by atoms with Gasteiger partial charge in [0.25, 0.3) is 5.91 Å². The molecule has 6 rings (SSSR count). The lowest BCUT2D eigenvalue weighted by atomic mass is 10.0. The predicted molar refractivity (Wildman–Crippen MR) is 200 cm³/mol. The highest BCUT2D eigenvalue weighted by atomic mass is 19.4. The number of nitrogens with one attached hydrogen (secondary N) is 4. The number of aromatic nitrogens is 3. The van der Waals surface area contributed by atoms with Crippen molar-refractivity contribution in [3.63, 3.8) is 0 Å². The van der Waals surface area contributed by atoms with E-state index in [2.05, 4.69) is 49.4 Å². The summed E-state index contributed by atoms with van der Waals surface area (Å²) in [7, 11) is 1.24. The first-order chi connectivity index (χ1) is 26.2. The smallest absolute Gasteiger partial charge is 0.453 e. The molecule has 2 aliphatic rings. The molecule has 4 heterocycles. The number of ether oxygens (including phenoxy) is 2. The minimum Gasteiger partial charge on any atom is -0.453 e. The van der Waals surface area contributed by atoms with Crippen LogP contribution < -0.4 is 25.6 Å². The molecule has 0 spiro atoms. The number of methoxy groups -OCH3 is 1. The maximum absolute atomic E-state index is 13.6. The molecule has 55 heavy (non-hydrogen) atoms. The highest BCUT2D eigenvalue weighted by molar-refractivity contribution is 6.04.